The number of hydrogen-bond donors (Lipinski definition) is 0. The largest absolute Gasteiger partial charge is 0.309 e. The first-order chi connectivity index (χ1) is 22.8. The van der Waals surface area contributed by atoms with E-state index in [1.807, 2.05) is 11.8 Å². The van der Waals surface area contributed by atoms with Crippen LogP contribution < -0.4 is 0 Å². The van der Waals surface area contributed by atoms with E-state index in [0.29, 0.717) is 0 Å². The number of hydrogen-bond acceptors (Lipinski definition) is 2. The summed E-state index contributed by atoms with van der Waals surface area (Å²) in [6, 6.07) is 57.0. The normalized spacial score (nSPS) is 12.5. The Morgan fingerprint density at radius 2 is 1.02 bits per heavy atom. The molecule has 0 unspecified atom stereocenters. The van der Waals surface area contributed by atoms with Gasteiger partial charge in [0.05, 0.1) is 22.4 Å². The molecule has 46 heavy (non-hydrogen) atoms. The molecule has 6 aromatic carbocycles. The van der Waals surface area contributed by atoms with Gasteiger partial charge in [0.25, 0.3) is 0 Å². The Hall–Kier alpha value is -5.38. The number of para-hydroxylation sites is 2. The molecule has 0 amide bonds. The quantitative estimate of drug-likeness (QED) is 0.198. The standard InChI is InChI=1S/C43H30N2S/c1-3-11-29(12-4-1)40-24-33(25-41(44-40)30-13-5-2-6-14-30)31-20-22-36-34(23-31)28-46-27-32-19-21-35(26-39(32)36)45-42-17-9-7-15-37(42)38-16-8-10-18-43(38)45/h1-26H,27-28H2. The molecule has 0 spiro atoms. The van der Waals surface area contributed by atoms with Gasteiger partial charge in [0.1, 0.15) is 0 Å². The van der Waals surface area contributed by atoms with Crippen LogP contribution in [-0.2, 0) is 11.5 Å². The zero-order valence-electron chi connectivity index (χ0n) is 25.2. The number of thioether (sulfide) groups is 1. The van der Waals surface area contributed by atoms with Gasteiger partial charge in [0, 0.05) is 39.1 Å². The van der Waals surface area contributed by atoms with Crippen LogP contribution in [0.25, 0.3) is 72.3 Å². The monoisotopic (exact) mass is 606 g/mol. The summed E-state index contributed by atoms with van der Waals surface area (Å²) in [5.41, 5.74) is 15.7. The second-order valence-electron chi connectivity index (χ2n) is 11.9. The highest BCUT2D eigenvalue weighted by atomic mass is 32.2. The van der Waals surface area contributed by atoms with E-state index in [4.69, 9.17) is 4.98 Å². The van der Waals surface area contributed by atoms with Crippen molar-refractivity contribution in [2.75, 3.05) is 0 Å². The van der Waals surface area contributed by atoms with E-state index in [1.54, 1.807) is 0 Å². The molecule has 0 N–H and O–H groups in total. The number of aromatic nitrogens is 2. The number of pyridine rings is 1. The van der Waals surface area contributed by atoms with Crippen LogP contribution >= 0.6 is 11.8 Å². The molecular formula is C43H30N2S. The second-order valence-corrected chi connectivity index (χ2v) is 12.9. The van der Waals surface area contributed by atoms with Crippen LogP contribution in [0, 0.1) is 0 Å². The number of rotatable bonds is 4. The van der Waals surface area contributed by atoms with Crippen molar-refractivity contribution in [2.24, 2.45) is 0 Å². The van der Waals surface area contributed by atoms with Gasteiger partial charge in [-0.1, -0.05) is 115 Å². The van der Waals surface area contributed by atoms with E-state index < -0.39 is 0 Å². The van der Waals surface area contributed by atoms with Crippen molar-refractivity contribution in [1.29, 1.82) is 0 Å². The minimum atomic E-state index is 0.977. The van der Waals surface area contributed by atoms with Crippen LogP contribution in [0.3, 0.4) is 0 Å². The summed E-state index contributed by atoms with van der Waals surface area (Å²) in [6.45, 7) is 0. The van der Waals surface area contributed by atoms with Crippen LogP contribution in [0.1, 0.15) is 11.1 Å². The Labute approximate surface area is 273 Å². The number of benzene rings is 6. The van der Waals surface area contributed by atoms with Gasteiger partial charge in [-0.2, -0.15) is 11.8 Å². The Balaban J connectivity index is 1.18. The molecule has 3 heterocycles. The van der Waals surface area contributed by atoms with E-state index in [9.17, 15) is 0 Å². The molecule has 0 fully saturated rings. The average molecular weight is 607 g/mol. The van der Waals surface area contributed by atoms with Crippen LogP contribution in [0.2, 0.25) is 0 Å². The molecular weight excluding hydrogens is 577 g/mol. The molecule has 1 aliphatic heterocycles. The fourth-order valence-electron chi connectivity index (χ4n) is 6.92. The summed E-state index contributed by atoms with van der Waals surface area (Å²) in [5, 5.41) is 2.58. The smallest absolute Gasteiger partial charge is 0.0715 e. The Bertz CT molecular complexity index is 2280. The van der Waals surface area contributed by atoms with Crippen molar-refractivity contribution in [3.63, 3.8) is 0 Å². The summed E-state index contributed by atoms with van der Waals surface area (Å²) in [5.74, 6) is 1.98. The fraction of sp³-hybridized carbons (Fsp3) is 0.0465. The predicted octanol–water partition coefficient (Wildman–Crippen LogP) is 11.6. The molecule has 2 nitrogen and oxygen atoms in total. The highest BCUT2D eigenvalue weighted by Crippen LogP contribution is 2.41. The predicted molar refractivity (Wildman–Crippen MR) is 195 cm³/mol. The van der Waals surface area contributed by atoms with Gasteiger partial charge in [0.15, 0.2) is 0 Å². The summed E-state index contributed by atoms with van der Waals surface area (Å²) in [6.07, 6.45) is 0. The third-order valence-electron chi connectivity index (χ3n) is 9.14. The topological polar surface area (TPSA) is 17.8 Å². The summed E-state index contributed by atoms with van der Waals surface area (Å²) in [7, 11) is 0. The van der Waals surface area contributed by atoms with Crippen molar-refractivity contribution in [3.05, 3.63) is 169 Å². The minimum absolute atomic E-state index is 0.977. The summed E-state index contributed by atoms with van der Waals surface area (Å²) < 4.78 is 2.42. The van der Waals surface area contributed by atoms with Crippen LogP contribution in [0.4, 0.5) is 0 Å². The third kappa shape index (κ3) is 4.63. The molecule has 8 aromatic rings. The van der Waals surface area contributed by atoms with Crippen LogP contribution in [-0.4, -0.2) is 9.55 Å². The summed E-state index contributed by atoms with van der Waals surface area (Å²) >= 11 is 1.99. The molecule has 9 rings (SSSR count). The van der Waals surface area contributed by atoms with Crippen molar-refractivity contribution < 1.29 is 0 Å². The van der Waals surface area contributed by atoms with Gasteiger partial charge < -0.3 is 4.57 Å². The average Bonchev–Trinajstić information content (AvgIpc) is 3.35. The number of nitrogens with zero attached hydrogens (tertiary/aromatic N) is 2. The van der Waals surface area contributed by atoms with Gasteiger partial charge in [-0.25, -0.2) is 4.98 Å². The molecule has 0 saturated carbocycles. The number of fused-ring (bicyclic) bond motifs is 6. The van der Waals surface area contributed by atoms with Gasteiger partial charge in [-0.3, -0.25) is 0 Å². The molecule has 1 aliphatic rings. The Kier molecular flexibility index (Phi) is 6.57. The first-order valence-electron chi connectivity index (χ1n) is 15.8. The van der Waals surface area contributed by atoms with E-state index >= 15 is 0 Å². The molecule has 0 radical (unpaired) electrons. The second kappa shape index (κ2) is 11.2. The lowest BCUT2D eigenvalue weighted by molar-refractivity contribution is 1.17. The van der Waals surface area contributed by atoms with Gasteiger partial charge >= 0.3 is 0 Å². The molecule has 3 heteroatoms. The van der Waals surface area contributed by atoms with Crippen LogP contribution in [0.5, 0.6) is 0 Å². The van der Waals surface area contributed by atoms with Crippen molar-refractivity contribution in [3.8, 4) is 50.5 Å². The fourth-order valence-corrected chi connectivity index (χ4v) is 7.95. The lowest BCUT2D eigenvalue weighted by Gasteiger charge is -2.15. The minimum Gasteiger partial charge on any atom is -0.309 e. The Morgan fingerprint density at radius 3 is 1.67 bits per heavy atom. The van der Waals surface area contributed by atoms with Crippen molar-refractivity contribution in [1.82, 2.24) is 9.55 Å². The van der Waals surface area contributed by atoms with Gasteiger partial charge in [-0.05, 0) is 75.8 Å². The highest BCUT2D eigenvalue weighted by Gasteiger charge is 2.19. The maximum atomic E-state index is 5.10. The lowest BCUT2D eigenvalue weighted by atomic mass is 9.92. The van der Waals surface area contributed by atoms with E-state index in [1.165, 1.54) is 60.9 Å². The third-order valence-corrected chi connectivity index (χ3v) is 10.2. The maximum absolute atomic E-state index is 5.10. The first kappa shape index (κ1) is 27.0. The molecule has 0 atom stereocenters. The zero-order chi connectivity index (χ0) is 30.5. The maximum Gasteiger partial charge on any atom is 0.0715 e. The summed E-state index contributed by atoms with van der Waals surface area (Å²) in [4.78, 5) is 5.10. The molecule has 218 valence electrons. The van der Waals surface area contributed by atoms with E-state index in [0.717, 1.165) is 34.0 Å². The molecule has 0 saturated heterocycles. The van der Waals surface area contributed by atoms with Crippen molar-refractivity contribution >= 4 is 33.6 Å². The highest BCUT2D eigenvalue weighted by molar-refractivity contribution is 7.97. The SMILES string of the molecule is c1ccc(-c2cc(-c3ccc4c(c3)CSCc3ccc(-n5c6ccccc6c6ccccc65)cc3-4)cc(-c3ccccc3)n2)cc1. The van der Waals surface area contributed by atoms with E-state index in [2.05, 4.69) is 162 Å². The first-order valence-corrected chi connectivity index (χ1v) is 16.9. The van der Waals surface area contributed by atoms with Crippen LogP contribution in [0.15, 0.2) is 158 Å². The lowest BCUT2D eigenvalue weighted by Crippen LogP contribution is -1.97. The molecule has 0 bridgehead atoms. The van der Waals surface area contributed by atoms with Gasteiger partial charge in [0.2, 0.25) is 0 Å². The molecule has 2 aromatic heterocycles. The zero-order valence-corrected chi connectivity index (χ0v) is 26.0. The molecule has 0 aliphatic carbocycles. The van der Waals surface area contributed by atoms with Crippen molar-refractivity contribution in [2.45, 2.75) is 11.5 Å². The van der Waals surface area contributed by atoms with Gasteiger partial charge in [-0.15, -0.1) is 0 Å². The Morgan fingerprint density at radius 1 is 0.435 bits per heavy atom. The van der Waals surface area contributed by atoms with E-state index in [-0.39, 0.29) is 0 Å².